The SMILES string of the molecule is CC1CN(C)CCN1CCC1(N)CCCCC1. The fourth-order valence-corrected chi connectivity index (χ4v) is 3.38. The van der Waals surface area contributed by atoms with E-state index in [1.54, 1.807) is 0 Å². The number of nitrogens with zero attached hydrogens (tertiary/aromatic N) is 2. The molecular formula is C14H29N3. The van der Waals surface area contributed by atoms with E-state index in [0.29, 0.717) is 6.04 Å². The fraction of sp³-hybridized carbons (Fsp3) is 1.00. The van der Waals surface area contributed by atoms with Gasteiger partial charge in [-0.15, -0.1) is 0 Å². The first kappa shape index (κ1) is 13.3. The van der Waals surface area contributed by atoms with Gasteiger partial charge >= 0.3 is 0 Å². The van der Waals surface area contributed by atoms with E-state index in [2.05, 4.69) is 23.8 Å². The van der Waals surface area contributed by atoms with Gasteiger partial charge in [0.1, 0.15) is 0 Å². The molecule has 2 N–H and O–H groups in total. The zero-order valence-electron chi connectivity index (χ0n) is 11.6. The third kappa shape index (κ3) is 3.67. The molecule has 1 atom stereocenters. The van der Waals surface area contributed by atoms with Gasteiger partial charge in [-0.05, 0) is 33.2 Å². The summed E-state index contributed by atoms with van der Waals surface area (Å²) in [5.41, 5.74) is 6.67. The second kappa shape index (κ2) is 5.68. The number of piperazine rings is 1. The number of hydrogen-bond donors (Lipinski definition) is 1. The van der Waals surface area contributed by atoms with Gasteiger partial charge in [-0.2, -0.15) is 0 Å². The molecule has 2 aliphatic rings. The Morgan fingerprint density at radius 2 is 1.88 bits per heavy atom. The van der Waals surface area contributed by atoms with Crippen molar-refractivity contribution in [3.05, 3.63) is 0 Å². The molecule has 0 aromatic rings. The van der Waals surface area contributed by atoms with Gasteiger partial charge in [-0.3, -0.25) is 4.90 Å². The molecule has 1 saturated heterocycles. The summed E-state index contributed by atoms with van der Waals surface area (Å²) < 4.78 is 0. The Kier molecular flexibility index (Phi) is 4.45. The molecule has 1 aliphatic carbocycles. The van der Waals surface area contributed by atoms with Gasteiger partial charge in [0.05, 0.1) is 0 Å². The summed E-state index contributed by atoms with van der Waals surface area (Å²) in [6, 6.07) is 0.695. The molecule has 1 saturated carbocycles. The lowest BCUT2D eigenvalue weighted by atomic mass is 9.80. The van der Waals surface area contributed by atoms with Crippen LogP contribution in [0.15, 0.2) is 0 Å². The molecule has 0 bridgehead atoms. The van der Waals surface area contributed by atoms with E-state index in [1.165, 1.54) is 64.7 Å². The zero-order chi connectivity index (χ0) is 12.3. The first-order chi connectivity index (χ1) is 8.09. The minimum absolute atomic E-state index is 0.154. The van der Waals surface area contributed by atoms with Crippen molar-refractivity contribution in [3.63, 3.8) is 0 Å². The Balaban J connectivity index is 1.77. The first-order valence-corrected chi connectivity index (χ1v) is 7.31. The van der Waals surface area contributed by atoms with Crippen molar-refractivity contribution in [1.82, 2.24) is 9.80 Å². The molecule has 1 unspecified atom stereocenters. The number of nitrogens with two attached hydrogens (primary N) is 1. The first-order valence-electron chi connectivity index (χ1n) is 7.31. The van der Waals surface area contributed by atoms with Gasteiger partial charge in [-0.1, -0.05) is 19.3 Å². The lowest BCUT2D eigenvalue weighted by Gasteiger charge is -2.41. The molecule has 100 valence electrons. The van der Waals surface area contributed by atoms with Crippen molar-refractivity contribution in [3.8, 4) is 0 Å². The standard InChI is InChI=1S/C14H29N3/c1-13-12-16(2)10-11-17(13)9-8-14(15)6-4-3-5-7-14/h13H,3-12,15H2,1-2H3. The Morgan fingerprint density at radius 3 is 2.53 bits per heavy atom. The van der Waals surface area contributed by atoms with Crippen molar-refractivity contribution in [2.45, 2.75) is 57.0 Å². The predicted molar refractivity (Wildman–Crippen MR) is 73.2 cm³/mol. The highest BCUT2D eigenvalue weighted by Crippen LogP contribution is 2.29. The maximum absolute atomic E-state index is 6.51. The molecule has 1 aliphatic heterocycles. The average Bonchev–Trinajstić information content (AvgIpc) is 2.29. The third-order valence-corrected chi connectivity index (χ3v) is 4.71. The quantitative estimate of drug-likeness (QED) is 0.813. The summed E-state index contributed by atoms with van der Waals surface area (Å²) in [6.07, 6.45) is 7.76. The summed E-state index contributed by atoms with van der Waals surface area (Å²) in [5.74, 6) is 0. The maximum Gasteiger partial charge on any atom is 0.0195 e. The Labute approximate surface area is 106 Å². The van der Waals surface area contributed by atoms with E-state index in [9.17, 15) is 0 Å². The van der Waals surface area contributed by atoms with E-state index in [4.69, 9.17) is 5.73 Å². The molecule has 3 heteroatoms. The fourth-order valence-electron chi connectivity index (χ4n) is 3.38. The molecule has 0 radical (unpaired) electrons. The van der Waals surface area contributed by atoms with Crippen molar-refractivity contribution in [1.29, 1.82) is 0 Å². The second-order valence-corrected chi connectivity index (χ2v) is 6.32. The smallest absolute Gasteiger partial charge is 0.0195 e. The van der Waals surface area contributed by atoms with Gasteiger partial charge in [0.2, 0.25) is 0 Å². The second-order valence-electron chi connectivity index (χ2n) is 6.32. The molecule has 0 spiro atoms. The van der Waals surface area contributed by atoms with Crippen LogP contribution in [-0.2, 0) is 0 Å². The summed E-state index contributed by atoms with van der Waals surface area (Å²) in [6.45, 7) is 7.18. The van der Waals surface area contributed by atoms with Gasteiger partial charge in [0.25, 0.3) is 0 Å². The normalized spacial score (nSPS) is 31.6. The molecule has 3 nitrogen and oxygen atoms in total. The Hall–Kier alpha value is -0.120. The van der Waals surface area contributed by atoms with Crippen LogP contribution in [0.3, 0.4) is 0 Å². The summed E-state index contributed by atoms with van der Waals surface area (Å²) in [5, 5.41) is 0. The van der Waals surface area contributed by atoms with Crippen LogP contribution in [0.5, 0.6) is 0 Å². The average molecular weight is 239 g/mol. The van der Waals surface area contributed by atoms with Crippen LogP contribution in [0, 0.1) is 0 Å². The topological polar surface area (TPSA) is 32.5 Å². The highest BCUT2D eigenvalue weighted by atomic mass is 15.3. The molecule has 17 heavy (non-hydrogen) atoms. The Bertz CT molecular complexity index is 236. The van der Waals surface area contributed by atoms with E-state index in [0.717, 1.165) is 0 Å². The summed E-state index contributed by atoms with van der Waals surface area (Å²) in [4.78, 5) is 5.06. The molecule has 1 heterocycles. The lowest BCUT2D eigenvalue weighted by molar-refractivity contribution is 0.0883. The van der Waals surface area contributed by atoms with Crippen LogP contribution in [-0.4, -0.2) is 54.6 Å². The van der Waals surface area contributed by atoms with Crippen molar-refractivity contribution in [2.75, 3.05) is 33.2 Å². The number of rotatable bonds is 3. The molecule has 2 rings (SSSR count). The van der Waals surface area contributed by atoms with Gasteiger partial charge in [-0.25, -0.2) is 0 Å². The zero-order valence-corrected chi connectivity index (χ0v) is 11.6. The number of hydrogen-bond acceptors (Lipinski definition) is 3. The van der Waals surface area contributed by atoms with Crippen LogP contribution >= 0.6 is 0 Å². The minimum Gasteiger partial charge on any atom is -0.325 e. The lowest BCUT2D eigenvalue weighted by Crippen LogP contribution is -2.53. The van der Waals surface area contributed by atoms with Crippen LogP contribution < -0.4 is 5.73 Å². The number of likely N-dealkylation sites (N-methyl/N-ethyl adjacent to an activating group) is 1. The molecule has 0 amide bonds. The maximum atomic E-state index is 6.51. The van der Waals surface area contributed by atoms with Crippen LogP contribution in [0.1, 0.15) is 45.4 Å². The van der Waals surface area contributed by atoms with Crippen LogP contribution in [0.2, 0.25) is 0 Å². The van der Waals surface area contributed by atoms with Crippen LogP contribution in [0.25, 0.3) is 0 Å². The third-order valence-electron chi connectivity index (χ3n) is 4.71. The van der Waals surface area contributed by atoms with Crippen molar-refractivity contribution >= 4 is 0 Å². The monoisotopic (exact) mass is 239 g/mol. The highest BCUT2D eigenvalue weighted by molar-refractivity contribution is 4.89. The predicted octanol–water partition coefficient (Wildman–Crippen LogP) is 1.67. The molecule has 0 aromatic carbocycles. The van der Waals surface area contributed by atoms with E-state index in [1.807, 2.05) is 0 Å². The van der Waals surface area contributed by atoms with E-state index < -0.39 is 0 Å². The van der Waals surface area contributed by atoms with E-state index >= 15 is 0 Å². The van der Waals surface area contributed by atoms with Gasteiger partial charge in [0, 0.05) is 37.8 Å². The Morgan fingerprint density at radius 1 is 1.18 bits per heavy atom. The van der Waals surface area contributed by atoms with Crippen molar-refractivity contribution < 1.29 is 0 Å². The minimum atomic E-state index is 0.154. The molecule has 2 fully saturated rings. The van der Waals surface area contributed by atoms with Gasteiger partial charge in [0.15, 0.2) is 0 Å². The summed E-state index contributed by atoms with van der Waals surface area (Å²) in [7, 11) is 2.22. The molecule has 0 aromatic heterocycles. The highest BCUT2D eigenvalue weighted by Gasteiger charge is 2.29. The summed E-state index contributed by atoms with van der Waals surface area (Å²) >= 11 is 0. The van der Waals surface area contributed by atoms with Crippen molar-refractivity contribution in [2.24, 2.45) is 5.73 Å². The van der Waals surface area contributed by atoms with Crippen LogP contribution in [0.4, 0.5) is 0 Å². The largest absolute Gasteiger partial charge is 0.325 e. The molecular weight excluding hydrogens is 210 g/mol. The van der Waals surface area contributed by atoms with Gasteiger partial charge < -0.3 is 10.6 Å². The van der Waals surface area contributed by atoms with E-state index in [-0.39, 0.29) is 5.54 Å².